The maximum atomic E-state index is 12.6. The van der Waals surface area contributed by atoms with Gasteiger partial charge in [-0.25, -0.2) is 4.79 Å². The van der Waals surface area contributed by atoms with Crippen molar-refractivity contribution in [3.63, 3.8) is 0 Å². The molecule has 0 N–H and O–H groups in total. The number of fused-ring (bicyclic) bond motifs is 7. The molecule has 0 fully saturated rings. The summed E-state index contributed by atoms with van der Waals surface area (Å²) in [5.74, 6) is 1.62. The first-order valence-corrected chi connectivity index (χ1v) is 8.14. The average Bonchev–Trinajstić information content (AvgIpc) is 2.61. The summed E-state index contributed by atoms with van der Waals surface area (Å²) in [5.41, 5.74) is 3.14. The van der Waals surface area contributed by atoms with Crippen LogP contribution in [0.3, 0.4) is 0 Å². The Balaban J connectivity index is 1.73. The summed E-state index contributed by atoms with van der Waals surface area (Å²) in [4.78, 5) is 12.6. The molecule has 0 unspecified atom stereocenters. The van der Waals surface area contributed by atoms with Crippen LogP contribution in [0, 0.1) is 6.92 Å². The van der Waals surface area contributed by atoms with Crippen LogP contribution < -0.4 is 15.1 Å². The standard InChI is InChI=1S/C20H16O4/c1-11-6-7-16-13(8-11)14-9-23-19-12-4-2-3-5-17(12)24-20(21)18(19)15(14)10-22-16/h2-8,14-15H,9-10H2,1H3/t14-,15-/m1/s1. The zero-order valence-corrected chi connectivity index (χ0v) is 13.2. The van der Waals surface area contributed by atoms with Crippen molar-refractivity contribution in [3.8, 4) is 11.5 Å². The van der Waals surface area contributed by atoms with Gasteiger partial charge in [0.15, 0.2) is 0 Å². The Morgan fingerprint density at radius 2 is 1.83 bits per heavy atom. The van der Waals surface area contributed by atoms with E-state index in [1.807, 2.05) is 30.3 Å². The van der Waals surface area contributed by atoms with Crippen molar-refractivity contribution in [1.82, 2.24) is 0 Å². The Morgan fingerprint density at radius 3 is 2.75 bits per heavy atom. The average molecular weight is 320 g/mol. The molecule has 0 saturated carbocycles. The van der Waals surface area contributed by atoms with Crippen LogP contribution in [-0.2, 0) is 0 Å². The Kier molecular flexibility index (Phi) is 2.77. The van der Waals surface area contributed by atoms with Gasteiger partial charge >= 0.3 is 5.63 Å². The Morgan fingerprint density at radius 1 is 1.00 bits per heavy atom. The minimum Gasteiger partial charge on any atom is -0.493 e. The topological polar surface area (TPSA) is 48.7 Å². The van der Waals surface area contributed by atoms with E-state index >= 15 is 0 Å². The van der Waals surface area contributed by atoms with E-state index in [0.717, 1.165) is 16.7 Å². The fourth-order valence-electron chi connectivity index (χ4n) is 3.88. The van der Waals surface area contributed by atoms with Gasteiger partial charge in [-0.05, 0) is 25.1 Å². The molecule has 0 bridgehead atoms. The second-order valence-corrected chi connectivity index (χ2v) is 6.50. The summed E-state index contributed by atoms with van der Waals surface area (Å²) in [6, 6.07) is 13.7. The number of rotatable bonds is 0. The largest absolute Gasteiger partial charge is 0.493 e. The second kappa shape index (κ2) is 4.87. The first-order chi connectivity index (χ1) is 11.7. The summed E-state index contributed by atoms with van der Waals surface area (Å²) in [6.45, 7) is 3.08. The van der Waals surface area contributed by atoms with E-state index in [1.54, 1.807) is 6.07 Å². The van der Waals surface area contributed by atoms with Gasteiger partial charge in [-0.1, -0.05) is 29.8 Å². The van der Waals surface area contributed by atoms with Crippen LogP contribution in [0.15, 0.2) is 51.7 Å². The fourth-order valence-corrected chi connectivity index (χ4v) is 3.88. The summed E-state index contributed by atoms with van der Waals surface area (Å²) in [6.07, 6.45) is 0. The summed E-state index contributed by atoms with van der Waals surface area (Å²) < 4.78 is 17.5. The molecule has 2 aliphatic rings. The first kappa shape index (κ1) is 13.7. The molecule has 0 amide bonds. The van der Waals surface area contributed by atoms with Crippen LogP contribution in [0.25, 0.3) is 11.0 Å². The molecule has 5 rings (SSSR count). The number of para-hydroxylation sites is 1. The van der Waals surface area contributed by atoms with E-state index < -0.39 is 0 Å². The van der Waals surface area contributed by atoms with Crippen molar-refractivity contribution in [3.05, 3.63) is 69.6 Å². The third-order valence-electron chi connectivity index (χ3n) is 5.05. The quantitative estimate of drug-likeness (QED) is 0.592. The zero-order valence-electron chi connectivity index (χ0n) is 13.2. The normalized spacial score (nSPS) is 21.2. The maximum Gasteiger partial charge on any atom is 0.343 e. The molecule has 0 radical (unpaired) electrons. The summed E-state index contributed by atoms with van der Waals surface area (Å²) in [5, 5.41) is 0.848. The minimum absolute atomic E-state index is 0.0380. The van der Waals surface area contributed by atoms with Gasteiger partial charge in [0.05, 0.1) is 24.2 Å². The van der Waals surface area contributed by atoms with Crippen molar-refractivity contribution in [2.24, 2.45) is 0 Å². The van der Waals surface area contributed by atoms with E-state index in [4.69, 9.17) is 13.9 Å². The Hall–Kier alpha value is -2.75. The summed E-state index contributed by atoms with van der Waals surface area (Å²) in [7, 11) is 0. The highest BCUT2D eigenvalue weighted by Crippen LogP contribution is 2.48. The maximum absolute atomic E-state index is 12.6. The van der Waals surface area contributed by atoms with Gasteiger partial charge < -0.3 is 13.9 Å². The molecule has 2 aliphatic heterocycles. The third-order valence-corrected chi connectivity index (χ3v) is 5.05. The van der Waals surface area contributed by atoms with Crippen LogP contribution in [0.5, 0.6) is 11.5 Å². The van der Waals surface area contributed by atoms with Crippen LogP contribution in [0.2, 0.25) is 0 Å². The lowest BCUT2D eigenvalue weighted by atomic mass is 9.78. The van der Waals surface area contributed by atoms with Gasteiger partial charge in [-0.15, -0.1) is 0 Å². The molecule has 4 nitrogen and oxygen atoms in total. The van der Waals surface area contributed by atoms with Crippen molar-refractivity contribution < 1.29 is 13.9 Å². The molecule has 2 atom stereocenters. The van der Waals surface area contributed by atoms with Gasteiger partial charge in [-0.2, -0.15) is 0 Å². The molecular formula is C20H16O4. The van der Waals surface area contributed by atoms with E-state index in [0.29, 0.717) is 30.1 Å². The third kappa shape index (κ3) is 1.83. The smallest absolute Gasteiger partial charge is 0.343 e. The predicted octanol–water partition coefficient (Wildman–Crippen LogP) is 3.75. The molecular weight excluding hydrogens is 304 g/mol. The van der Waals surface area contributed by atoms with Crippen LogP contribution >= 0.6 is 0 Å². The van der Waals surface area contributed by atoms with Crippen LogP contribution in [0.4, 0.5) is 0 Å². The molecule has 120 valence electrons. The van der Waals surface area contributed by atoms with E-state index in [9.17, 15) is 4.79 Å². The van der Waals surface area contributed by atoms with E-state index in [1.165, 1.54) is 5.56 Å². The zero-order chi connectivity index (χ0) is 16.3. The number of hydrogen-bond acceptors (Lipinski definition) is 4. The molecule has 4 heteroatoms. The van der Waals surface area contributed by atoms with Gasteiger partial charge in [0, 0.05) is 17.4 Å². The number of aryl methyl sites for hydroxylation is 1. The predicted molar refractivity (Wildman–Crippen MR) is 90.1 cm³/mol. The lowest BCUT2D eigenvalue weighted by Gasteiger charge is -2.37. The number of ether oxygens (including phenoxy) is 2. The lowest BCUT2D eigenvalue weighted by Crippen LogP contribution is -2.35. The van der Waals surface area contributed by atoms with Crippen molar-refractivity contribution in [2.75, 3.05) is 13.2 Å². The van der Waals surface area contributed by atoms with Gasteiger partial charge in [0.25, 0.3) is 0 Å². The van der Waals surface area contributed by atoms with Crippen molar-refractivity contribution in [2.45, 2.75) is 18.8 Å². The first-order valence-electron chi connectivity index (χ1n) is 8.14. The molecule has 0 spiro atoms. The minimum atomic E-state index is -0.321. The van der Waals surface area contributed by atoms with E-state index in [2.05, 4.69) is 13.0 Å². The molecule has 3 heterocycles. The second-order valence-electron chi connectivity index (χ2n) is 6.50. The van der Waals surface area contributed by atoms with Crippen molar-refractivity contribution >= 4 is 11.0 Å². The van der Waals surface area contributed by atoms with E-state index in [-0.39, 0.29) is 17.5 Å². The molecule has 3 aromatic rings. The number of hydrogen-bond donors (Lipinski definition) is 0. The monoisotopic (exact) mass is 320 g/mol. The van der Waals surface area contributed by atoms with Crippen LogP contribution in [0.1, 0.15) is 28.5 Å². The van der Waals surface area contributed by atoms with Crippen LogP contribution in [-0.4, -0.2) is 13.2 Å². The molecule has 0 aliphatic carbocycles. The van der Waals surface area contributed by atoms with Crippen molar-refractivity contribution in [1.29, 1.82) is 0 Å². The molecule has 1 aromatic heterocycles. The number of benzene rings is 2. The molecule has 2 aromatic carbocycles. The SMILES string of the molecule is Cc1ccc2c(c1)[C@H]1COc3c(c(=O)oc4ccccc34)[C@@H]1CO2. The molecule has 0 saturated heterocycles. The fraction of sp³-hybridized carbons (Fsp3) is 0.250. The molecule has 24 heavy (non-hydrogen) atoms. The Labute approximate surface area is 138 Å². The highest BCUT2D eigenvalue weighted by atomic mass is 16.5. The van der Waals surface area contributed by atoms with Gasteiger partial charge in [0.2, 0.25) is 0 Å². The summed E-state index contributed by atoms with van der Waals surface area (Å²) >= 11 is 0. The van der Waals surface area contributed by atoms with Gasteiger partial charge in [-0.3, -0.25) is 0 Å². The highest BCUT2D eigenvalue weighted by Gasteiger charge is 2.40. The Bertz CT molecular complexity index is 1020. The van der Waals surface area contributed by atoms with Gasteiger partial charge in [0.1, 0.15) is 17.1 Å². The highest BCUT2D eigenvalue weighted by molar-refractivity contribution is 5.85. The lowest BCUT2D eigenvalue weighted by molar-refractivity contribution is 0.166.